The van der Waals surface area contributed by atoms with Gasteiger partial charge in [0.25, 0.3) is 0 Å². The summed E-state index contributed by atoms with van der Waals surface area (Å²) in [5.41, 5.74) is 0. The Morgan fingerprint density at radius 1 is 1.57 bits per heavy atom. The zero-order valence-corrected chi connectivity index (χ0v) is 4.72. The normalized spacial score (nSPS) is 38.6. The molecule has 0 aliphatic heterocycles. The van der Waals surface area contributed by atoms with Gasteiger partial charge in [-0.3, -0.25) is 0 Å². The molecule has 0 saturated heterocycles. The van der Waals surface area contributed by atoms with Crippen LogP contribution in [0.1, 0.15) is 19.8 Å². The van der Waals surface area contributed by atoms with Gasteiger partial charge in [-0.05, 0) is 18.3 Å². The van der Waals surface area contributed by atoms with Crippen molar-refractivity contribution in [3.05, 3.63) is 0 Å². The van der Waals surface area contributed by atoms with Crippen molar-refractivity contribution >= 4 is 0 Å². The third-order valence-corrected chi connectivity index (χ3v) is 1.83. The standard InChI is InChI=1S/C6H12O/c1-2-5-3-6(5)4-7/h5-7H,2-4H2,1H3/t5-,6-/m1/s1. The average Bonchev–Trinajstić information content (AvgIpc) is 2.43. The minimum absolute atomic E-state index is 0.415. The van der Waals surface area contributed by atoms with Gasteiger partial charge in [-0.2, -0.15) is 0 Å². The first kappa shape index (κ1) is 5.10. The number of rotatable bonds is 2. The van der Waals surface area contributed by atoms with Crippen LogP contribution in [0.4, 0.5) is 0 Å². The average molecular weight is 100 g/mol. The molecule has 42 valence electrons. The van der Waals surface area contributed by atoms with E-state index in [4.69, 9.17) is 5.11 Å². The Kier molecular flexibility index (Phi) is 1.33. The van der Waals surface area contributed by atoms with Crippen molar-refractivity contribution in [2.45, 2.75) is 19.8 Å². The van der Waals surface area contributed by atoms with Crippen LogP contribution < -0.4 is 0 Å². The third-order valence-electron chi connectivity index (χ3n) is 1.83. The highest BCUT2D eigenvalue weighted by molar-refractivity contribution is 4.83. The lowest BCUT2D eigenvalue weighted by molar-refractivity contribution is 0.268. The Hall–Kier alpha value is -0.0400. The smallest absolute Gasteiger partial charge is 0.0462 e. The molecule has 0 amide bonds. The summed E-state index contributed by atoms with van der Waals surface area (Å²) in [4.78, 5) is 0. The van der Waals surface area contributed by atoms with Crippen molar-refractivity contribution in [2.75, 3.05) is 6.61 Å². The minimum Gasteiger partial charge on any atom is -0.396 e. The number of hydrogen-bond donors (Lipinski definition) is 1. The van der Waals surface area contributed by atoms with Gasteiger partial charge in [0, 0.05) is 6.61 Å². The second-order valence-electron chi connectivity index (χ2n) is 2.35. The molecule has 0 radical (unpaired) electrons. The van der Waals surface area contributed by atoms with Crippen LogP contribution in [0.3, 0.4) is 0 Å². The lowest BCUT2D eigenvalue weighted by atomic mass is 10.3. The minimum atomic E-state index is 0.415. The molecule has 1 aliphatic carbocycles. The summed E-state index contributed by atoms with van der Waals surface area (Å²) in [6, 6.07) is 0. The zero-order valence-electron chi connectivity index (χ0n) is 4.72. The molecule has 0 aromatic heterocycles. The predicted molar refractivity (Wildman–Crippen MR) is 29.0 cm³/mol. The summed E-state index contributed by atoms with van der Waals surface area (Å²) >= 11 is 0. The summed E-state index contributed by atoms with van der Waals surface area (Å²) in [5.74, 6) is 1.54. The van der Waals surface area contributed by atoms with Gasteiger partial charge in [-0.1, -0.05) is 13.3 Å². The molecule has 0 aromatic rings. The van der Waals surface area contributed by atoms with Crippen molar-refractivity contribution in [3.63, 3.8) is 0 Å². The van der Waals surface area contributed by atoms with Crippen LogP contribution >= 0.6 is 0 Å². The van der Waals surface area contributed by atoms with E-state index in [9.17, 15) is 0 Å². The third kappa shape index (κ3) is 0.942. The summed E-state index contributed by atoms with van der Waals surface area (Å²) in [6.07, 6.45) is 2.53. The molecule has 1 N–H and O–H groups in total. The topological polar surface area (TPSA) is 20.2 Å². The van der Waals surface area contributed by atoms with E-state index in [1.54, 1.807) is 0 Å². The molecular weight excluding hydrogens is 88.1 g/mol. The van der Waals surface area contributed by atoms with E-state index in [0.29, 0.717) is 12.5 Å². The zero-order chi connectivity index (χ0) is 5.28. The predicted octanol–water partition coefficient (Wildman–Crippen LogP) is 1.02. The molecule has 1 rings (SSSR count). The van der Waals surface area contributed by atoms with Gasteiger partial charge in [0.15, 0.2) is 0 Å². The fourth-order valence-corrected chi connectivity index (χ4v) is 1.03. The lowest BCUT2D eigenvalue weighted by Gasteiger charge is -1.85. The first-order chi connectivity index (χ1) is 3.38. The highest BCUT2D eigenvalue weighted by atomic mass is 16.3. The van der Waals surface area contributed by atoms with Crippen molar-refractivity contribution in [1.82, 2.24) is 0 Å². The van der Waals surface area contributed by atoms with Gasteiger partial charge >= 0.3 is 0 Å². The summed E-state index contributed by atoms with van der Waals surface area (Å²) in [6.45, 7) is 2.60. The molecule has 1 nitrogen and oxygen atoms in total. The van der Waals surface area contributed by atoms with E-state index >= 15 is 0 Å². The molecule has 0 heterocycles. The molecule has 1 fully saturated rings. The Labute approximate surface area is 44.4 Å². The summed E-state index contributed by atoms with van der Waals surface area (Å²) in [7, 11) is 0. The van der Waals surface area contributed by atoms with Gasteiger partial charge in [0.05, 0.1) is 0 Å². The molecule has 1 aliphatic rings. The largest absolute Gasteiger partial charge is 0.396 e. The van der Waals surface area contributed by atoms with Crippen LogP contribution in [0.15, 0.2) is 0 Å². The molecule has 0 unspecified atom stereocenters. The summed E-state index contributed by atoms with van der Waals surface area (Å²) < 4.78 is 0. The van der Waals surface area contributed by atoms with Crippen molar-refractivity contribution in [3.8, 4) is 0 Å². The van der Waals surface area contributed by atoms with Crippen LogP contribution in [-0.4, -0.2) is 11.7 Å². The number of hydrogen-bond acceptors (Lipinski definition) is 1. The Balaban J connectivity index is 2.06. The maximum absolute atomic E-state index is 8.51. The first-order valence-corrected chi connectivity index (χ1v) is 2.99. The molecule has 0 bridgehead atoms. The van der Waals surface area contributed by atoms with Crippen molar-refractivity contribution in [1.29, 1.82) is 0 Å². The van der Waals surface area contributed by atoms with Gasteiger partial charge in [-0.25, -0.2) is 0 Å². The highest BCUT2D eigenvalue weighted by Crippen LogP contribution is 2.39. The maximum Gasteiger partial charge on any atom is 0.0462 e. The Bertz CT molecular complexity index is 53.2. The monoisotopic (exact) mass is 100 g/mol. The quantitative estimate of drug-likeness (QED) is 0.549. The van der Waals surface area contributed by atoms with Gasteiger partial charge in [-0.15, -0.1) is 0 Å². The van der Waals surface area contributed by atoms with E-state index in [0.717, 1.165) is 5.92 Å². The van der Waals surface area contributed by atoms with E-state index in [1.165, 1.54) is 12.8 Å². The molecule has 1 heteroatoms. The molecule has 7 heavy (non-hydrogen) atoms. The second kappa shape index (κ2) is 1.83. The van der Waals surface area contributed by atoms with Crippen molar-refractivity contribution < 1.29 is 5.11 Å². The van der Waals surface area contributed by atoms with Crippen LogP contribution in [0, 0.1) is 11.8 Å². The van der Waals surface area contributed by atoms with Gasteiger partial charge in [0.2, 0.25) is 0 Å². The number of aliphatic hydroxyl groups excluding tert-OH is 1. The number of aliphatic hydroxyl groups is 1. The Morgan fingerprint density at radius 3 is 2.43 bits per heavy atom. The lowest BCUT2D eigenvalue weighted by Crippen LogP contribution is -1.85. The molecule has 2 atom stereocenters. The van der Waals surface area contributed by atoms with E-state index in [-0.39, 0.29) is 0 Å². The second-order valence-corrected chi connectivity index (χ2v) is 2.35. The van der Waals surface area contributed by atoms with E-state index < -0.39 is 0 Å². The first-order valence-electron chi connectivity index (χ1n) is 2.99. The SMILES string of the molecule is CC[C@@H]1C[C@@H]1CO. The van der Waals surface area contributed by atoms with Crippen LogP contribution in [0.5, 0.6) is 0 Å². The molecular formula is C6H12O. The highest BCUT2D eigenvalue weighted by Gasteiger charge is 2.33. The fraction of sp³-hybridized carbons (Fsp3) is 1.00. The van der Waals surface area contributed by atoms with Gasteiger partial charge in [0.1, 0.15) is 0 Å². The van der Waals surface area contributed by atoms with E-state index in [2.05, 4.69) is 6.92 Å². The van der Waals surface area contributed by atoms with Crippen LogP contribution in [-0.2, 0) is 0 Å². The van der Waals surface area contributed by atoms with Crippen molar-refractivity contribution in [2.24, 2.45) is 11.8 Å². The van der Waals surface area contributed by atoms with Crippen LogP contribution in [0.2, 0.25) is 0 Å². The molecule has 1 saturated carbocycles. The summed E-state index contributed by atoms with van der Waals surface area (Å²) in [5, 5.41) is 8.51. The molecule has 0 spiro atoms. The van der Waals surface area contributed by atoms with E-state index in [1.807, 2.05) is 0 Å². The van der Waals surface area contributed by atoms with Gasteiger partial charge < -0.3 is 5.11 Å². The fourth-order valence-electron chi connectivity index (χ4n) is 1.03. The molecule has 0 aromatic carbocycles. The van der Waals surface area contributed by atoms with Crippen LogP contribution in [0.25, 0.3) is 0 Å². The Morgan fingerprint density at radius 2 is 2.29 bits per heavy atom. The maximum atomic E-state index is 8.51.